The predicted molar refractivity (Wildman–Crippen MR) is 55.2 cm³/mol. The number of hydrogen-bond donors (Lipinski definition) is 1. The summed E-state index contributed by atoms with van der Waals surface area (Å²) in [6.07, 6.45) is -1.46. The predicted octanol–water partition coefficient (Wildman–Crippen LogP) is 2.74. The summed E-state index contributed by atoms with van der Waals surface area (Å²) in [4.78, 5) is 20.3. The van der Waals surface area contributed by atoms with Gasteiger partial charge in [-0.2, -0.15) is 0 Å². The van der Waals surface area contributed by atoms with E-state index in [1.54, 1.807) is 6.92 Å². The van der Waals surface area contributed by atoms with Gasteiger partial charge in [-0.05, 0) is 24.1 Å². The lowest BCUT2D eigenvalue weighted by Crippen LogP contribution is -2.08. The highest BCUT2D eigenvalue weighted by Gasteiger charge is 2.15. The summed E-state index contributed by atoms with van der Waals surface area (Å²) in [6, 6.07) is 5.64. The second kappa shape index (κ2) is 5.11. The largest absolute Gasteiger partial charge is 0.506 e. The third-order valence-corrected chi connectivity index (χ3v) is 2.09. The van der Waals surface area contributed by atoms with Gasteiger partial charge in [0.05, 0.1) is 4.92 Å². The number of benzene rings is 1. The minimum Gasteiger partial charge on any atom is -0.450 e. The van der Waals surface area contributed by atoms with Crippen LogP contribution in [0.4, 0.5) is 10.5 Å². The molecule has 86 valence electrons. The van der Waals surface area contributed by atoms with Gasteiger partial charge in [-0.15, -0.1) is 0 Å². The van der Waals surface area contributed by atoms with Gasteiger partial charge >= 0.3 is 6.16 Å². The molecule has 0 fully saturated rings. The number of hydrogen-bond acceptors (Lipinski definition) is 4. The molecule has 0 aliphatic heterocycles. The molecular weight excluding hydrogens is 214 g/mol. The van der Waals surface area contributed by atoms with E-state index >= 15 is 0 Å². The molecule has 6 nitrogen and oxygen atoms in total. The molecule has 6 heteroatoms. The van der Waals surface area contributed by atoms with E-state index in [4.69, 9.17) is 5.11 Å². The first-order chi connectivity index (χ1) is 7.54. The first-order valence-electron chi connectivity index (χ1n) is 4.68. The van der Waals surface area contributed by atoms with Gasteiger partial charge in [0.2, 0.25) is 0 Å². The van der Waals surface area contributed by atoms with Crippen LogP contribution in [0, 0.1) is 10.1 Å². The maximum atomic E-state index is 10.4. The average molecular weight is 225 g/mol. The molecule has 0 spiro atoms. The van der Waals surface area contributed by atoms with Crippen LogP contribution in [-0.2, 0) is 4.74 Å². The van der Waals surface area contributed by atoms with E-state index in [-0.39, 0.29) is 5.69 Å². The Morgan fingerprint density at radius 3 is 2.44 bits per heavy atom. The number of nitrogens with zero attached hydrogens (tertiary/aromatic N) is 1. The molecule has 0 aromatic heterocycles. The van der Waals surface area contributed by atoms with E-state index in [1.165, 1.54) is 24.3 Å². The van der Waals surface area contributed by atoms with Crippen LogP contribution < -0.4 is 0 Å². The number of nitro groups is 1. The van der Waals surface area contributed by atoms with Crippen LogP contribution in [-0.4, -0.2) is 16.2 Å². The number of carboxylic acid groups (broad SMARTS) is 1. The Labute approximate surface area is 91.6 Å². The Balaban J connectivity index is 2.86. The summed E-state index contributed by atoms with van der Waals surface area (Å²) >= 11 is 0. The van der Waals surface area contributed by atoms with Crippen molar-refractivity contribution in [2.75, 3.05) is 0 Å². The topological polar surface area (TPSA) is 89.7 Å². The van der Waals surface area contributed by atoms with Gasteiger partial charge < -0.3 is 9.84 Å². The van der Waals surface area contributed by atoms with Crippen molar-refractivity contribution in [1.29, 1.82) is 0 Å². The molecule has 16 heavy (non-hydrogen) atoms. The maximum absolute atomic E-state index is 10.4. The van der Waals surface area contributed by atoms with E-state index in [0.29, 0.717) is 12.0 Å². The summed E-state index contributed by atoms with van der Waals surface area (Å²) in [5.41, 5.74) is 0.574. The van der Waals surface area contributed by atoms with Gasteiger partial charge in [-0.25, -0.2) is 4.79 Å². The summed E-state index contributed by atoms with van der Waals surface area (Å²) in [6.45, 7) is 1.77. The summed E-state index contributed by atoms with van der Waals surface area (Å²) in [5, 5.41) is 18.9. The lowest BCUT2D eigenvalue weighted by atomic mass is 10.1. The van der Waals surface area contributed by atoms with Gasteiger partial charge in [0.15, 0.2) is 0 Å². The third kappa shape index (κ3) is 2.94. The fraction of sp³-hybridized carbons (Fsp3) is 0.300. The molecule has 1 atom stereocenters. The van der Waals surface area contributed by atoms with Crippen LogP contribution in [0.15, 0.2) is 24.3 Å². The molecule has 1 rings (SSSR count). The zero-order valence-corrected chi connectivity index (χ0v) is 8.62. The van der Waals surface area contributed by atoms with Crippen molar-refractivity contribution in [3.05, 3.63) is 39.9 Å². The summed E-state index contributed by atoms with van der Waals surface area (Å²) < 4.78 is 4.63. The van der Waals surface area contributed by atoms with Gasteiger partial charge in [0.25, 0.3) is 5.69 Å². The zero-order valence-electron chi connectivity index (χ0n) is 8.62. The van der Waals surface area contributed by atoms with Gasteiger partial charge in [-0.1, -0.05) is 6.92 Å². The highest BCUT2D eigenvalue weighted by Crippen LogP contribution is 2.23. The quantitative estimate of drug-likeness (QED) is 0.483. The average Bonchev–Trinajstić information content (AvgIpc) is 2.25. The van der Waals surface area contributed by atoms with Crippen LogP contribution in [0.3, 0.4) is 0 Å². The van der Waals surface area contributed by atoms with Gasteiger partial charge in [0.1, 0.15) is 6.10 Å². The Hall–Kier alpha value is -2.11. The van der Waals surface area contributed by atoms with E-state index in [2.05, 4.69) is 4.74 Å². The Bertz CT molecular complexity index is 387. The monoisotopic (exact) mass is 225 g/mol. The molecule has 0 amide bonds. The Morgan fingerprint density at radius 2 is 2.06 bits per heavy atom. The van der Waals surface area contributed by atoms with Crippen molar-refractivity contribution in [1.82, 2.24) is 0 Å². The van der Waals surface area contributed by atoms with Crippen molar-refractivity contribution in [2.45, 2.75) is 19.4 Å². The number of rotatable bonds is 4. The number of nitro benzene ring substituents is 1. The maximum Gasteiger partial charge on any atom is 0.506 e. The van der Waals surface area contributed by atoms with Crippen molar-refractivity contribution in [3.63, 3.8) is 0 Å². The van der Waals surface area contributed by atoms with Crippen molar-refractivity contribution in [3.8, 4) is 0 Å². The highest BCUT2D eigenvalue weighted by molar-refractivity contribution is 5.57. The number of carbonyl (C=O) groups is 1. The second-order valence-electron chi connectivity index (χ2n) is 3.13. The highest BCUT2D eigenvalue weighted by atomic mass is 16.7. The van der Waals surface area contributed by atoms with E-state index in [0.717, 1.165) is 0 Å². The lowest BCUT2D eigenvalue weighted by molar-refractivity contribution is -0.384. The molecule has 0 bridgehead atoms. The molecule has 1 aromatic carbocycles. The lowest BCUT2D eigenvalue weighted by Gasteiger charge is -2.13. The minimum absolute atomic E-state index is 0.0334. The molecule has 0 saturated carbocycles. The molecule has 0 radical (unpaired) electrons. The second-order valence-corrected chi connectivity index (χ2v) is 3.13. The SMILES string of the molecule is CCC(OC(=O)O)c1ccc([N+](=O)[O-])cc1. The van der Waals surface area contributed by atoms with Crippen molar-refractivity contribution in [2.24, 2.45) is 0 Å². The van der Waals surface area contributed by atoms with Gasteiger partial charge in [0, 0.05) is 12.1 Å². The van der Waals surface area contributed by atoms with Gasteiger partial charge in [-0.3, -0.25) is 10.1 Å². The normalized spacial score (nSPS) is 11.8. The van der Waals surface area contributed by atoms with Crippen molar-refractivity contribution < 1.29 is 19.6 Å². The first-order valence-corrected chi connectivity index (χ1v) is 4.68. The molecular formula is C10H11NO5. The molecule has 1 N–H and O–H groups in total. The van der Waals surface area contributed by atoms with Crippen LogP contribution in [0.2, 0.25) is 0 Å². The number of ether oxygens (including phenoxy) is 1. The van der Waals surface area contributed by atoms with Crippen LogP contribution in [0.1, 0.15) is 25.0 Å². The fourth-order valence-corrected chi connectivity index (χ4v) is 1.32. The number of non-ortho nitro benzene ring substituents is 1. The minimum atomic E-state index is -1.36. The molecule has 0 aliphatic carbocycles. The van der Waals surface area contributed by atoms with Crippen molar-refractivity contribution >= 4 is 11.8 Å². The third-order valence-electron chi connectivity index (χ3n) is 2.09. The summed E-state index contributed by atoms with van der Waals surface area (Å²) in [7, 11) is 0. The fourth-order valence-electron chi connectivity index (χ4n) is 1.32. The summed E-state index contributed by atoms with van der Waals surface area (Å²) in [5.74, 6) is 0. The Kier molecular flexibility index (Phi) is 3.82. The molecule has 1 unspecified atom stereocenters. The molecule has 0 heterocycles. The van der Waals surface area contributed by atoms with Crippen LogP contribution in [0.25, 0.3) is 0 Å². The standard InChI is InChI=1S/C10H11NO5/c1-2-9(16-10(12)13)7-3-5-8(6-4-7)11(14)15/h3-6,9H,2H2,1H3,(H,12,13). The molecule has 1 aromatic rings. The smallest absolute Gasteiger partial charge is 0.450 e. The van der Waals surface area contributed by atoms with Crippen LogP contribution >= 0.6 is 0 Å². The molecule has 0 aliphatic rings. The first kappa shape index (κ1) is 12.0. The van der Waals surface area contributed by atoms with E-state index < -0.39 is 17.2 Å². The van der Waals surface area contributed by atoms with Crippen LogP contribution in [0.5, 0.6) is 0 Å². The molecule has 0 saturated heterocycles. The zero-order chi connectivity index (χ0) is 12.1. The Morgan fingerprint density at radius 1 is 1.50 bits per heavy atom. The van der Waals surface area contributed by atoms with E-state index in [9.17, 15) is 14.9 Å². The van der Waals surface area contributed by atoms with E-state index in [1.807, 2.05) is 0 Å².